The van der Waals surface area contributed by atoms with E-state index in [0.717, 1.165) is 17.7 Å². The Bertz CT molecular complexity index is 505. The fourth-order valence-electron chi connectivity index (χ4n) is 3.46. The Hall–Kier alpha value is -1.16. The van der Waals surface area contributed by atoms with Crippen LogP contribution in [0.4, 0.5) is 8.78 Å². The Morgan fingerprint density at radius 2 is 1.95 bits per heavy atom. The summed E-state index contributed by atoms with van der Waals surface area (Å²) in [4.78, 5) is 0. The zero-order valence-corrected chi connectivity index (χ0v) is 11.8. The van der Waals surface area contributed by atoms with Gasteiger partial charge in [-0.25, -0.2) is 8.78 Å². The van der Waals surface area contributed by atoms with Crippen LogP contribution in [0.1, 0.15) is 43.7 Å². The molecular weight excluding hydrogens is 260 g/mol. The molecule has 1 saturated carbocycles. The van der Waals surface area contributed by atoms with Gasteiger partial charge in [0.1, 0.15) is 11.9 Å². The van der Waals surface area contributed by atoms with Crippen molar-refractivity contribution in [3.63, 3.8) is 0 Å². The highest BCUT2D eigenvalue weighted by Crippen LogP contribution is 2.46. The predicted molar refractivity (Wildman–Crippen MR) is 74.4 cm³/mol. The van der Waals surface area contributed by atoms with Crippen LogP contribution in [0.3, 0.4) is 0 Å². The zero-order valence-electron chi connectivity index (χ0n) is 11.8. The molecule has 110 valence electrons. The lowest BCUT2D eigenvalue weighted by Crippen LogP contribution is -2.42. The third-order valence-corrected chi connectivity index (χ3v) is 4.84. The monoisotopic (exact) mass is 281 g/mol. The average molecular weight is 281 g/mol. The van der Waals surface area contributed by atoms with Crippen LogP contribution in [0.5, 0.6) is 5.75 Å². The summed E-state index contributed by atoms with van der Waals surface area (Å²) >= 11 is 0. The van der Waals surface area contributed by atoms with Crippen molar-refractivity contribution in [2.75, 3.05) is 6.54 Å². The fourth-order valence-corrected chi connectivity index (χ4v) is 3.46. The molecule has 0 spiro atoms. The van der Waals surface area contributed by atoms with E-state index in [1.807, 2.05) is 19.1 Å². The number of nitrogens with two attached hydrogens (primary N) is 1. The number of ether oxygens (including phenoxy) is 1. The highest BCUT2D eigenvalue weighted by molar-refractivity contribution is 5.43. The summed E-state index contributed by atoms with van der Waals surface area (Å²) in [7, 11) is 0. The normalized spacial score (nSPS) is 26.9. The second-order valence-electron chi connectivity index (χ2n) is 6.30. The summed E-state index contributed by atoms with van der Waals surface area (Å²) < 4.78 is 32.5. The summed E-state index contributed by atoms with van der Waals surface area (Å²) in [5.41, 5.74) is 7.95. The largest absolute Gasteiger partial charge is 0.490 e. The SMILES string of the molecule is CC1Cc2cc(C3(CN)CCC(F)(F)CC3)ccc2O1. The number of hydrogen-bond acceptors (Lipinski definition) is 2. The van der Waals surface area contributed by atoms with Crippen molar-refractivity contribution < 1.29 is 13.5 Å². The lowest BCUT2D eigenvalue weighted by Gasteiger charge is -2.40. The first-order valence-electron chi connectivity index (χ1n) is 7.32. The molecular formula is C16H21F2NO. The van der Waals surface area contributed by atoms with Gasteiger partial charge in [0, 0.05) is 31.2 Å². The molecule has 0 saturated heterocycles. The first-order chi connectivity index (χ1) is 9.44. The first-order valence-corrected chi connectivity index (χ1v) is 7.32. The summed E-state index contributed by atoms with van der Waals surface area (Å²) in [5.74, 6) is -1.60. The quantitative estimate of drug-likeness (QED) is 0.901. The maximum absolute atomic E-state index is 13.4. The van der Waals surface area contributed by atoms with E-state index in [1.54, 1.807) is 0 Å². The Morgan fingerprint density at radius 3 is 2.60 bits per heavy atom. The molecule has 1 aromatic carbocycles. The molecule has 4 heteroatoms. The molecule has 0 amide bonds. The Balaban J connectivity index is 1.89. The molecule has 1 unspecified atom stereocenters. The minimum atomic E-state index is -2.52. The summed E-state index contributed by atoms with van der Waals surface area (Å²) in [6, 6.07) is 6.10. The van der Waals surface area contributed by atoms with Gasteiger partial charge in [-0.3, -0.25) is 0 Å². The van der Waals surface area contributed by atoms with Crippen LogP contribution in [0.2, 0.25) is 0 Å². The van der Waals surface area contributed by atoms with E-state index >= 15 is 0 Å². The van der Waals surface area contributed by atoms with E-state index < -0.39 is 5.92 Å². The van der Waals surface area contributed by atoms with Crippen LogP contribution < -0.4 is 10.5 Å². The van der Waals surface area contributed by atoms with Crippen LogP contribution in [0.15, 0.2) is 18.2 Å². The van der Waals surface area contributed by atoms with Crippen LogP contribution in [0, 0.1) is 0 Å². The maximum Gasteiger partial charge on any atom is 0.248 e. The maximum atomic E-state index is 13.4. The highest BCUT2D eigenvalue weighted by Gasteiger charge is 2.43. The van der Waals surface area contributed by atoms with Crippen molar-refractivity contribution in [2.24, 2.45) is 5.73 Å². The summed E-state index contributed by atoms with van der Waals surface area (Å²) in [6.07, 6.45) is 1.89. The Morgan fingerprint density at radius 1 is 1.25 bits per heavy atom. The minimum absolute atomic E-state index is 0.0613. The van der Waals surface area contributed by atoms with Gasteiger partial charge < -0.3 is 10.5 Å². The number of benzene rings is 1. The fraction of sp³-hybridized carbons (Fsp3) is 0.625. The van der Waals surface area contributed by atoms with Crippen LogP contribution in [0.25, 0.3) is 0 Å². The number of rotatable bonds is 2. The highest BCUT2D eigenvalue weighted by atomic mass is 19.3. The lowest BCUT2D eigenvalue weighted by atomic mass is 9.68. The zero-order chi connectivity index (χ0) is 14.4. The molecule has 3 rings (SSSR count). The smallest absolute Gasteiger partial charge is 0.248 e. The molecule has 20 heavy (non-hydrogen) atoms. The summed E-state index contributed by atoms with van der Waals surface area (Å²) in [5, 5.41) is 0. The predicted octanol–water partition coefficient (Wildman–Crippen LogP) is 3.42. The van der Waals surface area contributed by atoms with Gasteiger partial charge >= 0.3 is 0 Å². The third kappa shape index (κ3) is 2.30. The molecule has 0 bridgehead atoms. The number of halogens is 2. The number of hydrogen-bond donors (Lipinski definition) is 1. The molecule has 1 aliphatic carbocycles. The van der Waals surface area contributed by atoms with Crippen LogP contribution >= 0.6 is 0 Å². The van der Waals surface area contributed by atoms with Crippen molar-refractivity contribution in [1.29, 1.82) is 0 Å². The van der Waals surface area contributed by atoms with Crippen LogP contribution in [-0.4, -0.2) is 18.6 Å². The van der Waals surface area contributed by atoms with E-state index in [1.165, 1.54) is 5.56 Å². The lowest BCUT2D eigenvalue weighted by molar-refractivity contribution is -0.0509. The molecule has 1 atom stereocenters. The topological polar surface area (TPSA) is 35.2 Å². The molecule has 1 aliphatic heterocycles. The van der Waals surface area contributed by atoms with Gasteiger partial charge in [-0.05, 0) is 37.0 Å². The van der Waals surface area contributed by atoms with E-state index in [0.29, 0.717) is 19.4 Å². The molecule has 1 heterocycles. The van der Waals surface area contributed by atoms with Crippen molar-refractivity contribution >= 4 is 0 Å². The first kappa shape index (κ1) is 13.8. The minimum Gasteiger partial charge on any atom is -0.490 e. The van der Waals surface area contributed by atoms with Gasteiger partial charge in [-0.15, -0.1) is 0 Å². The van der Waals surface area contributed by atoms with Crippen molar-refractivity contribution in [3.05, 3.63) is 29.3 Å². The van der Waals surface area contributed by atoms with Gasteiger partial charge in [0.2, 0.25) is 5.92 Å². The number of fused-ring (bicyclic) bond motifs is 1. The standard InChI is InChI=1S/C16H21F2NO/c1-11-8-12-9-13(2-3-14(12)20-11)15(10-19)4-6-16(17,18)7-5-15/h2-3,9,11H,4-8,10,19H2,1H3. The van der Waals surface area contributed by atoms with E-state index in [2.05, 4.69) is 6.07 Å². The van der Waals surface area contributed by atoms with E-state index in [-0.39, 0.29) is 24.4 Å². The van der Waals surface area contributed by atoms with Crippen LogP contribution in [-0.2, 0) is 11.8 Å². The van der Waals surface area contributed by atoms with Gasteiger partial charge in [0.25, 0.3) is 0 Å². The average Bonchev–Trinajstić information content (AvgIpc) is 2.78. The second-order valence-corrected chi connectivity index (χ2v) is 6.30. The summed E-state index contributed by atoms with van der Waals surface area (Å²) in [6.45, 7) is 2.47. The van der Waals surface area contributed by atoms with Gasteiger partial charge in [0.05, 0.1) is 0 Å². The molecule has 2 nitrogen and oxygen atoms in total. The second kappa shape index (κ2) is 4.69. The van der Waals surface area contributed by atoms with E-state index in [9.17, 15) is 8.78 Å². The Kier molecular flexibility index (Phi) is 3.24. The number of alkyl halides is 2. The Labute approximate surface area is 118 Å². The molecule has 2 N–H and O–H groups in total. The van der Waals surface area contributed by atoms with Crippen molar-refractivity contribution in [1.82, 2.24) is 0 Å². The molecule has 0 radical (unpaired) electrons. The molecule has 1 aromatic rings. The van der Waals surface area contributed by atoms with Gasteiger partial charge in [-0.1, -0.05) is 12.1 Å². The van der Waals surface area contributed by atoms with Gasteiger partial charge in [-0.2, -0.15) is 0 Å². The van der Waals surface area contributed by atoms with Crippen molar-refractivity contribution in [2.45, 2.75) is 56.5 Å². The molecule has 1 fully saturated rings. The van der Waals surface area contributed by atoms with Gasteiger partial charge in [0.15, 0.2) is 0 Å². The van der Waals surface area contributed by atoms with Crippen molar-refractivity contribution in [3.8, 4) is 5.75 Å². The van der Waals surface area contributed by atoms with E-state index in [4.69, 9.17) is 10.5 Å². The molecule has 0 aromatic heterocycles. The third-order valence-electron chi connectivity index (χ3n) is 4.84. The molecule has 2 aliphatic rings.